The van der Waals surface area contributed by atoms with Gasteiger partial charge in [-0.15, -0.1) is 0 Å². The molecule has 0 bridgehead atoms. The van der Waals surface area contributed by atoms with Crippen LogP contribution in [0.4, 0.5) is 5.69 Å². The molecular weight excluding hydrogens is 313 g/mol. The second-order valence-corrected chi connectivity index (χ2v) is 7.13. The van der Waals surface area contributed by atoms with Crippen molar-refractivity contribution >= 4 is 19.2 Å². The van der Waals surface area contributed by atoms with Crippen LogP contribution in [0.5, 0.6) is 0 Å². The first-order valence-electron chi connectivity index (χ1n) is 7.27. The van der Waals surface area contributed by atoms with Crippen LogP contribution in [-0.2, 0) is 20.0 Å². The molecule has 0 radical (unpaired) electrons. The van der Waals surface area contributed by atoms with Crippen molar-refractivity contribution in [3.8, 4) is 0 Å². The summed E-state index contributed by atoms with van der Waals surface area (Å²) in [5.41, 5.74) is 2.17. The lowest BCUT2D eigenvalue weighted by atomic mass is 10.1. The Kier molecular flexibility index (Phi) is 5.72. The maximum Gasteiger partial charge on any atom is 0.333 e. The Labute approximate surface area is 135 Å². The number of amides is 1. The van der Waals surface area contributed by atoms with E-state index in [2.05, 4.69) is 5.32 Å². The van der Waals surface area contributed by atoms with Crippen molar-refractivity contribution in [3.63, 3.8) is 0 Å². The molecule has 0 heterocycles. The molecule has 2 N–H and O–H groups in total. The summed E-state index contributed by atoms with van der Waals surface area (Å²) in [6.45, 7) is 3.17. The van der Waals surface area contributed by atoms with E-state index in [0.29, 0.717) is 11.3 Å². The molecule has 0 saturated carbocycles. The van der Waals surface area contributed by atoms with Crippen molar-refractivity contribution in [2.45, 2.75) is 26.1 Å². The van der Waals surface area contributed by atoms with Gasteiger partial charge in [0.05, 0.1) is 12.3 Å². The van der Waals surface area contributed by atoms with Gasteiger partial charge in [0.15, 0.2) is 0 Å². The molecule has 23 heavy (non-hydrogen) atoms. The Morgan fingerprint density at radius 3 is 2.35 bits per heavy atom. The lowest BCUT2D eigenvalue weighted by Gasteiger charge is -2.18. The molecule has 2 rings (SSSR count). The van der Waals surface area contributed by atoms with E-state index in [1.807, 2.05) is 30.3 Å². The fraction of sp³-hybridized carbons (Fsp3) is 0.235. The van der Waals surface area contributed by atoms with Crippen LogP contribution in [0.3, 0.4) is 0 Å². The quantitative estimate of drug-likeness (QED) is 0.780. The number of carbonyl (C=O) groups is 1. The van der Waals surface area contributed by atoms with Gasteiger partial charge in [0, 0.05) is 12.6 Å². The molecule has 0 aliphatic carbocycles. The third kappa shape index (κ3) is 5.64. The summed E-state index contributed by atoms with van der Waals surface area (Å²) in [7, 11) is -3.77. The Hall–Kier alpha value is -1.94. The van der Waals surface area contributed by atoms with Crippen LogP contribution in [0.15, 0.2) is 54.6 Å². The van der Waals surface area contributed by atoms with Crippen LogP contribution in [0.2, 0.25) is 0 Å². The van der Waals surface area contributed by atoms with E-state index in [1.165, 1.54) is 6.92 Å². The SMILES string of the molecule is CC(=O)Nc1ccc(CP(=O)(O)O[C@H](C)c2ccccc2)cc1. The van der Waals surface area contributed by atoms with E-state index < -0.39 is 13.7 Å². The Morgan fingerprint density at radius 2 is 1.78 bits per heavy atom. The first-order valence-corrected chi connectivity index (χ1v) is 9.04. The number of benzene rings is 2. The minimum Gasteiger partial charge on any atom is -0.326 e. The van der Waals surface area contributed by atoms with Crippen LogP contribution in [0.1, 0.15) is 31.1 Å². The summed E-state index contributed by atoms with van der Waals surface area (Å²) in [5.74, 6) is -0.161. The van der Waals surface area contributed by atoms with Crippen LogP contribution in [0.25, 0.3) is 0 Å². The molecule has 6 heteroatoms. The van der Waals surface area contributed by atoms with E-state index in [0.717, 1.165) is 5.56 Å². The number of carbonyl (C=O) groups excluding carboxylic acids is 1. The fourth-order valence-corrected chi connectivity index (χ4v) is 3.56. The van der Waals surface area contributed by atoms with Gasteiger partial charge < -0.3 is 14.7 Å². The van der Waals surface area contributed by atoms with E-state index in [9.17, 15) is 14.3 Å². The second-order valence-electron chi connectivity index (χ2n) is 5.33. The first-order chi connectivity index (χ1) is 10.9. The highest BCUT2D eigenvalue weighted by Crippen LogP contribution is 2.49. The smallest absolute Gasteiger partial charge is 0.326 e. The predicted molar refractivity (Wildman–Crippen MR) is 90.2 cm³/mol. The van der Waals surface area contributed by atoms with E-state index in [1.54, 1.807) is 31.2 Å². The summed E-state index contributed by atoms with van der Waals surface area (Å²) in [4.78, 5) is 21.0. The molecule has 0 spiro atoms. The Bertz CT molecular complexity index is 700. The third-order valence-electron chi connectivity index (χ3n) is 3.25. The van der Waals surface area contributed by atoms with Crippen LogP contribution >= 0.6 is 7.60 Å². The number of hydrogen-bond acceptors (Lipinski definition) is 3. The van der Waals surface area contributed by atoms with E-state index in [-0.39, 0.29) is 12.1 Å². The second kappa shape index (κ2) is 7.55. The average Bonchev–Trinajstić information content (AvgIpc) is 2.49. The fourth-order valence-electron chi connectivity index (χ4n) is 2.20. The summed E-state index contributed by atoms with van der Waals surface area (Å²) < 4.78 is 17.7. The standard InChI is InChI=1S/C17H20NO4P/c1-13(16-6-4-3-5-7-16)22-23(20,21)12-15-8-10-17(11-9-15)18-14(2)19/h3-11,13H,12H2,1-2H3,(H,18,19)(H,20,21)/t13-/m1/s1. The molecule has 0 aliphatic heterocycles. The van der Waals surface area contributed by atoms with Crippen molar-refractivity contribution in [3.05, 3.63) is 65.7 Å². The number of anilines is 1. The van der Waals surface area contributed by atoms with Gasteiger partial charge in [-0.25, -0.2) is 0 Å². The zero-order valence-electron chi connectivity index (χ0n) is 13.1. The number of nitrogens with one attached hydrogen (secondary N) is 1. The molecule has 0 fully saturated rings. The van der Waals surface area contributed by atoms with Crippen LogP contribution in [0, 0.1) is 0 Å². The first kappa shape index (κ1) is 17.4. The minimum atomic E-state index is -3.77. The van der Waals surface area contributed by atoms with Crippen molar-refractivity contribution in [1.82, 2.24) is 0 Å². The lowest BCUT2D eigenvalue weighted by molar-refractivity contribution is -0.114. The van der Waals surface area contributed by atoms with Gasteiger partial charge in [-0.2, -0.15) is 0 Å². The van der Waals surface area contributed by atoms with Crippen LogP contribution < -0.4 is 5.32 Å². The van der Waals surface area contributed by atoms with Gasteiger partial charge in [0.1, 0.15) is 0 Å². The van der Waals surface area contributed by atoms with E-state index >= 15 is 0 Å². The predicted octanol–water partition coefficient (Wildman–Crippen LogP) is 4.11. The molecule has 1 amide bonds. The molecule has 1 unspecified atom stereocenters. The number of rotatable bonds is 6. The molecule has 0 aliphatic rings. The average molecular weight is 333 g/mol. The van der Waals surface area contributed by atoms with Gasteiger partial charge >= 0.3 is 7.60 Å². The minimum absolute atomic E-state index is 0.0788. The molecule has 2 aromatic rings. The maximum atomic E-state index is 12.3. The zero-order chi connectivity index (χ0) is 16.9. The summed E-state index contributed by atoms with van der Waals surface area (Å²) in [6.07, 6.45) is -0.546. The molecule has 0 saturated heterocycles. The molecule has 0 aromatic heterocycles. The van der Waals surface area contributed by atoms with Gasteiger partial charge in [-0.05, 0) is 30.2 Å². The molecule has 5 nitrogen and oxygen atoms in total. The molecule has 2 atom stereocenters. The third-order valence-corrected chi connectivity index (χ3v) is 4.66. The lowest BCUT2D eigenvalue weighted by Crippen LogP contribution is -2.05. The van der Waals surface area contributed by atoms with Gasteiger partial charge in [0.25, 0.3) is 0 Å². The highest BCUT2D eigenvalue weighted by molar-refractivity contribution is 7.51. The Morgan fingerprint density at radius 1 is 1.17 bits per heavy atom. The van der Waals surface area contributed by atoms with Gasteiger partial charge in [-0.3, -0.25) is 9.36 Å². The topological polar surface area (TPSA) is 75.6 Å². The van der Waals surface area contributed by atoms with E-state index in [4.69, 9.17) is 4.52 Å². The normalized spacial score (nSPS) is 14.7. The highest BCUT2D eigenvalue weighted by atomic mass is 31.2. The zero-order valence-corrected chi connectivity index (χ0v) is 14.0. The van der Waals surface area contributed by atoms with Crippen molar-refractivity contribution in [2.24, 2.45) is 0 Å². The molecule has 122 valence electrons. The summed E-state index contributed by atoms with van der Waals surface area (Å²) in [6, 6.07) is 16.1. The maximum absolute atomic E-state index is 12.3. The van der Waals surface area contributed by atoms with Crippen molar-refractivity contribution in [1.29, 1.82) is 0 Å². The largest absolute Gasteiger partial charge is 0.333 e. The number of hydrogen-bond donors (Lipinski definition) is 2. The monoisotopic (exact) mass is 333 g/mol. The van der Waals surface area contributed by atoms with Gasteiger partial charge in [0.2, 0.25) is 5.91 Å². The summed E-state index contributed by atoms with van der Waals surface area (Å²) >= 11 is 0. The Balaban J connectivity index is 2.00. The highest BCUT2D eigenvalue weighted by Gasteiger charge is 2.24. The van der Waals surface area contributed by atoms with Crippen LogP contribution in [-0.4, -0.2) is 10.8 Å². The molecular formula is C17H20NO4P. The summed E-state index contributed by atoms with van der Waals surface area (Å²) in [5, 5.41) is 2.65. The van der Waals surface area contributed by atoms with Gasteiger partial charge in [-0.1, -0.05) is 42.5 Å². The molecule has 2 aromatic carbocycles. The van der Waals surface area contributed by atoms with Crippen molar-refractivity contribution < 1.29 is 18.8 Å². The van der Waals surface area contributed by atoms with Crippen molar-refractivity contribution in [2.75, 3.05) is 5.32 Å².